The Morgan fingerprint density at radius 3 is 2.58 bits per heavy atom. The van der Waals surface area contributed by atoms with Gasteiger partial charge in [0.25, 0.3) is 0 Å². The molecule has 0 bridgehead atoms. The van der Waals surface area contributed by atoms with Crippen LogP contribution in [0.4, 0.5) is 0 Å². The number of aromatic nitrogens is 2. The fourth-order valence-electron chi connectivity index (χ4n) is 2.83. The van der Waals surface area contributed by atoms with Crippen molar-refractivity contribution in [3.05, 3.63) is 72.4 Å². The Morgan fingerprint density at radius 1 is 1.17 bits per heavy atom. The molecule has 5 heteroatoms. The standard InChI is InChI=1S/C19H23N3O2/c1-2-17(15-23)21(14-19-5-3-12-24-19)13-16-6-8-18(9-7-16)22-11-4-10-20-22/h3-12,17,23H,2,13-15H2,1H3/t17-/m0/s1. The normalized spacial score (nSPS) is 12.6. The summed E-state index contributed by atoms with van der Waals surface area (Å²) in [5.74, 6) is 0.912. The molecular formula is C19H23N3O2. The maximum Gasteiger partial charge on any atom is 0.117 e. The molecule has 0 unspecified atom stereocenters. The lowest BCUT2D eigenvalue weighted by atomic mass is 10.1. The van der Waals surface area contributed by atoms with Crippen LogP contribution in [-0.2, 0) is 13.1 Å². The van der Waals surface area contributed by atoms with Gasteiger partial charge in [0.2, 0.25) is 0 Å². The zero-order valence-electron chi connectivity index (χ0n) is 13.9. The lowest BCUT2D eigenvalue weighted by molar-refractivity contribution is 0.0999. The molecule has 1 aromatic carbocycles. The summed E-state index contributed by atoms with van der Waals surface area (Å²) in [7, 11) is 0. The van der Waals surface area contributed by atoms with Crippen LogP contribution in [0.1, 0.15) is 24.7 Å². The topological polar surface area (TPSA) is 54.4 Å². The van der Waals surface area contributed by atoms with Gasteiger partial charge in [0, 0.05) is 25.0 Å². The summed E-state index contributed by atoms with van der Waals surface area (Å²) < 4.78 is 7.31. The van der Waals surface area contributed by atoms with Crippen LogP contribution in [0.2, 0.25) is 0 Å². The summed E-state index contributed by atoms with van der Waals surface area (Å²) in [4.78, 5) is 2.25. The van der Waals surface area contributed by atoms with E-state index in [9.17, 15) is 5.11 Å². The van der Waals surface area contributed by atoms with Gasteiger partial charge in [-0.1, -0.05) is 19.1 Å². The largest absolute Gasteiger partial charge is 0.468 e. The van der Waals surface area contributed by atoms with Crippen LogP contribution in [0.25, 0.3) is 5.69 Å². The lowest BCUT2D eigenvalue weighted by Crippen LogP contribution is -2.36. The molecule has 2 heterocycles. The van der Waals surface area contributed by atoms with Crippen molar-refractivity contribution in [3.8, 4) is 5.69 Å². The molecule has 5 nitrogen and oxygen atoms in total. The highest BCUT2D eigenvalue weighted by molar-refractivity contribution is 5.33. The molecule has 126 valence electrons. The Hall–Kier alpha value is -2.37. The number of hydrogen-bond donors (Lipinski definition) is 1. The van der Waals surface area contributed by atoms with Gasteiger partial charge < -0.3 is 9.52 Å². The minimum atomic E-state index is 0.112. The van der Waals surface area contributed by atoms with Gasteiger partial charge in [0.05, 0.1) is 25.1 Å². The summed E-state index contributed by atoms with van der Waals surface area (Å²) in [5, 5.41) is 13.9. The third-order valence-electron chi connectivity index (χ3n) is 4.23. The van der Waals surface area contributed by atoms with Crippen molar-refractivity contribution < 1.29 is 9.52 Å². The molecular weight excluding hydrogens is 302 g/mol. The highest BCUT2D eigenvalue weighted by Gasteiger charge is 2.18. The van der Waals surface area contributed by atoms with Crippen molar-refractivity contribution in [3.63, 3.8) is 0 Å². The molecule has 0 amide bonds. The van der Waals surface area contributed by atoms with Crippen LogP contribution in [0.15, 0.2) is 65.5 Å². The van der Waals surface area contributed by atoms with Gasteiger partial charge in [-0.3, -0.25) is 4.90 Å². The van der Waals surface area contributed by atoms with Crippen LogP contribution in [0.5, 0.6) is 0 Å². The Labute approximate surface area is 142 Å². The van der Waals surface area contributed by atoms with Crippen LogP contribution in [0.3, 0.4) is 0 Å². The third kappa shape index (κ3) is 3.93. The number of nitrogens with zero attached hydrogens (tertiary/aromatic N) is 3. The first-order chi connectivity index (χ1) is 11.8. The molecule has 24 heavy (non-hydrogen) atoms. The van der Waals surface area contributed by atoms with E-state index in [4.69, 9.17) is 4.42 Å². The molecule has 0 aliphatic heterocycles. The van der Waals surface area contributed by atoms with E-state index in [1.807, 2.05) is 29.1 Å². The van der Waals surface area contributed by atoms with Gasteiger partial charge in [-0.2, -0.15) is 5.10 Å². The van der Waals surface area contributed by atoms with E-state index in [0.29, 0.717) is 6.54 Å². The zero-order chi connectivity index (χ0) is 16.8. The monoisotopic (exact) mass is 325 g/mol. The fraction of sp³-hybridized carbons (Fsp3) is 0.316. The first kappa shape index (κ1) is 16.5. The predicted octanol–water partition coefficient (Wildman–Crippen LogP) is 3.24. The second kappa shape index (κ2) is 7.95. The zero-order valence-corrected chi connectivity index (χ0v) is 13.9. The van der Waals surface area contributed by atoms with Crippen molar-refractivity contribution in [2.75, 3.05) is 6.61 Å². The van der Waals surface area contributed by atoms with Crippen LogP contribution < -0.4 is 0 Å². The molecule has 3 aromatic rings. The lowest BCUT2D eigenvalue weighted by Gasteiger charge is -2.29. The number of benzene rings is 1. The summed E-state index contributed by atoms with van der Waals surface area (Å²) >= 11 is 0. The van der Waals surface area contributed by atoms with E-state index in [1.54, 1.807) is 12.5 Å². The second-order valence-electron chi connectivity index (χ2n) is 5.85. The first-order valence-corrected chi connectivity index (χ1v) is 8.26. The molecule has 2 aromatic heterocycles. The van der Waals surface area contributed by atoms with Gasteiger partial charge in [0.1, 0.15) is 5.76 Å². The van der Waals surface area contributed by atoms with E-state index in [1.165, 1.54) is 5.56 Å². The number of aliphatic hydroxyl groups excluding tert-OH is 1. The molecule has 1 N–H and O–H groups in total. The number of aliphatic hydroxyl groups is 1. The maximum absolute atomic E-state index is 9.69. The number of furan rings is 1. The molecule has 0 saturated heterocycles. The molecule has 3 rings (SSSR count). The molecule has 0 radical (unpaired) electrons. The molecule has 0 aliphatic rings. The molecule has 0 fully saturated rings. The minimum Gasteiger partial charge on any atom is -0.468 e. The van der Waals surface area contributed by atoms with Gasteiger partial charge in [0.15, 0.2) is 0 Å². The first-order valence-electron chi connectivity index (χ1n) is 8.26. The maximum atomic E-state index is 9.69. The Bertz CT molecular complexity index is 702. The molecule has 0 spiro atoms. The Balaban J connectivity index is 1.73. The van der Waals surface area contributed by atoms with Crippen LogP contribution >= 0.6 is 0 Å². The van der Waals surface area contributed by atoms with E-state index in [-0.39, 0.29) is 12.6 Å². The van der Waals surface area contributed by atoms with Gasteiger partial charge in [-0.05, 0) is 42.3 Å². The average molecular weight is 325 g/mol. The summed E-state index contributed by atoms with van der Waals surface area (Å²) in [5.41, 5.74) is 2.24. The van der Waals surface area contributed by atoms with Crippen molar-refractivity contribution in [2.24, 2.45) is 0 Å². The van der Waals surface area contributed by atoms with Crippen LogP contribution in [-0.4, -0.2) is 32.4 Å². The molecule has 0 aliphatic carbocycles. The Kier molecular flexibility index (Phi) is 5.46. The van der Waals surface area contributed by atoms with E-state index < -0.39 is 0 Å². The molecule has 0 saturated carbocycles. The second-order valence-corrected chi connectivity index (χ2v) is 5.85. The van der Waals surface area contributed by atoms with Crippen molar-refractivity contribution in [1.82, 2.24) is 14.7 Å². The minimum absolute atomic E-state index is 0.112. The SMILES string of the molecule is CC[C@@H](CO)N(Cc1ccc(-n2cccn2)cc1)Cc1ccco1. The van der Waals surface area contributed by atoms with Gasteiger partial charge in [-0.15, -0.1) is 0 Å². The summed E-state index contributed by atoms with van der Waals surface area (Å²) in [6.07, 6.45) is 6.28. The van der Waals surface area contributed by atoms with Crippen LogP contribution in [0, 0.1) is 0 Å². The molecule has 1 atom stereocenters. The number of hydrogen-bond acceptors (Lipinski definition) is 4. The van der Waals surface area contributed by atoms with Crippen molar-refractivity contribution >= 4 is 0 Å². The highest BCUT2D eigenvalue weighted by atomic mass is 16.3. The quantitative estimate of drug-likeness (QED) is 0.691. The summed E-state index contributed by atoms with van der Waals surface area (Å²) in [6, 6.07) is 14.2. The predicted molar refractivity (Wildman–Crippen MR) is 92.7 cm³/mol. The van der Waals surface area contributed by atoms with Gasteiger partial charge >= 0.3 is 0 Å². The fourth-order valence-corrected chi connectivity index (χ4v) is 2.83. The number of rotatable bonds is 8. The summed E-state index contributed by atoms with van der Waals surface area (Å²) in [6.45, 7) is 3.69. The van der Waals surface area contributed by atoms with E-state index in [0.717, 1.165) is 24.4 Å². The van der Waals surface area contributed by atoms with Crippen molar-refractivity contribution in [1.29, 1.82) is 0 Å². The van der Waals surface area contributed by atoms with E-state index >= 15 is 0 Å². The van der Waals surface area contributed by atoms with Gasteiger partial charge in [-0.25, -0.2) is 4.68 Å². The third-order valence-corrected chi connectivity index (χ3v) is 4.23. The van der Waals surface area contributed by atoms with E-state index in [2.05, 4.69) is 41.2 Å². The average Bonchev–Trinajstić information content (AvgIpc) is 3.30. The Morgan fingerprint density at radius 2 is 2.00 bits per heavy atom. The smallest absolute Gasteiger partial charge is 0.117 e. The van der Waals surface area contributed by atoms with Crippen molar-refractivity contribution in [2.45, 2.75) is 32.5 Å². The highest BCUT2D eigenvalue weighted by Crippen LogP contribution is 2.17.